The Balaban J connectivity index is 2.02. The molecule has 2 rings (SSSR count). The quantitative estimate of drug-likeness (QED) is 0.911. The number of ether oxygens (including phenoxy) is 1. The van der Waals surface area contributed by atoms with E-state index >= 15 is 0 Å². The average Bonchev–Trinajstić information content (AvgIpc) is 2.72. The van der Waals surface area contributed by atoms with Crippen molar-refractivity contribution >= 4 is 16.9 Å². The second-order valence-electron chi connectivity index (χ2n) is 5.19. The van der Waals surface area contributed by atoms with E-state index < -0.39 is 6.10 Å². The van der Waals surface area contributed by atoms with Crippen LogP contribution < -0.4 is 5.32 Å². The highest BCUT2D eigenvalue weighted by Gasteiger charge is 2.16. The summed E-state index contributed by atoms with van der Waals surface area (Å²) < 4.78 is 11.2. The number of benzene rings is 1. The number of rotatable bonds is 5. The summed E-state index contributed by atoms with van der Waals surface area (Å²) in [6.07, 6.45) is -0.427. The first-order chi connectivity index (χ1) is 9.49. The van der Waals surface area contributed by atoms with E-state index in [2.05, 4.69) is 5.32 Å². The minimum Gasteiger partial charge on any atom is -0.459 e. The Morgan fingerprint density at radius 3 is 2.65 bits per heavy atom. The molecule has 0 bridgehead atoms. The number of furan rings is 1. The third kappa shape index (κ3) is 3.20. The largest absolute Gasteiger partial charge is 0.459 e. The summed E-state index contributed by atoms with van der Waals surface area (Å²) in [6.45, 7) is 7.95. The molecule has 0 radical (unpaired) electrons. The number of nitrogens with one attached hydrogen (secondary N) is 1. The second kappa shape index (κ2) is 6.09. The van der Waals surface area contributed by atoms with E-state index in [1.807, 2.05) is 45.0 Å². The van der Waals surface area contributed by atoms with Gasteiger partial charge in [-0.05, 0) is 33.8 Å². The molecule has 108 valence electrons. The third-order valence-corrected chi connectivity index (χ3v) is 3.21. The molecule has 0 saturated heterocycles. The molecule has 1 amide bonds. The maximum Gasteiger partial charge on any atom is 0.249 e. The van der Waals surface area contributed by atoms with E-state index in [0.717, 1.165) is 22.3 Å². The monoisotopic (exact) mass is 275 g/mol. The van der Waals surface area contributed by atoms with Gasteiger partial charge in [0.25, 0.3) is 0 Å². The molecule has 0 aliphatic heterocycles. The molecule has 1 aromatic heterocycles. The lowest BCUT2D eigenvalue weighted by Crippen LogP contribution is -2.35. The van der Waals surface area contributed by atoms with Crippen LogP contribution in [0.15, 0.2) is 28.7 Å². The second-order valence-corrected chi connectivity index (χ2v) is 5.19. The van der Waals surface area contributed by atoms with Crippen LogP contribution in [-0.2, 0) is 16.1 Å². The predicted octanol–water partition coefficient (Wildman–Crippen LogP) is 3.17. The lowest BCUT2D eigenvalue weighted by atomic mass is 10.1. The molecule has 0 fully saturated rings. The summed E-state index contributed by atoms with van der Waals surface area (Å²) >= 11 is 0. The first kappa shape index (κ1) is 14.6. The van der Waals surface area contributed by atoms with Crippen molar-refractivity contribution in [2.75, 3.05) is 0 Å². The Morgan fingerprint density at radius 2 is 2.00 bits per heavy atom. The molecule has 1 unspecified atom stereocenters. The summed E-state index contributed by atoms with van der Waals surface area (Å²) in [5.74, 6) is 0.662. The van der Waals surface area contributed by atoms with E-state index in [9.17, 15) is 4.79 Å². The molecule has 20 heavy (non-hydrogen) atoms. The van der Waals surface area contributed by atoms with Crippen LogP contribution in [0, 0.1) is 6.92 Å². The summed E-state index contributed by atoms with van der Waals surface area (Å²) in [6, 6.07) is 7.86. The zero-order chi connectivity index (χ0) is 14.7. The standard InChI is InChI=1S/C16H21NO3/c1-10(2)19-12(4)16(18)17-9-15-11(3)13-7-5-6-8-14(13)20-15/h5-8,10,12H,9H2,1-4H3,(H,17,18). The van der Waals surface area contributed by atoms with Crippen LogP contribution in [0.1, 0.15) is 32.1 Å². The molecule has 0 saturated carbocycles. The Labute approximate surface area is 119 Å². The number of para-hydroxylation sites is 1. The van der Waals surface area contributed by atoms with Gasteiger partial charge in [0.15, 0.2) is 0 Å². The third-order valence-electron chi connectivity index (χ3n) is 3.21. The Kier molecular flexibility index (Phi) is 4.45. The fourth-order valence-corrected chi connectivity index (χ4v) is 2.17. The SMILES string of the molecule is Cc1c(CNC(=O)C(C)OC(C)C)oc2ccccc12. The van der Waals surface area contributed by atoms with Gasteiger partial charge < -0.3 is 14.5 Å². The Hall–Kier alpha value is -1.81. The van der Waals surface area contributed by atoms with Crippen molar-refractivity contribution in [1.29, 1.82) is 0 Å². The molecule has 1 N–H and O–H groups in total. The smallest absolute Gasteiger partial charge is 0.249 e. The first-order valence-corrected chi connectivity index (χ1v) is 6.89. The lowest BCUT2D eigenvalue weighted by molar-refractivity contribution is -0.134. The number of fused-ring (bicyclic) bond motifs is 1. The highest BCUT2D eigenvalue weighted by molar-refractivity contribution is 5.83. The summed E-state index contributed by atoms with van der Waals surface area (Å²) in [5.41, 5.74) is 1.92. The molecule has 0 spiro atoms. The summed E-state index contributed by atoms with van der Waals surface area (Å²) in [7, 11) is 0. The van der Waals surface area contributed by atoms with Crippen LogP contribution in [0.25, 0.3) is 11.0 Å². The molecular weight excluding hydrogens is 254 g/mol. The van der Waals surface area contributed by atoms with Gasteiger partial charge in [0.1, 0.15) is 17.4 Å². The zero-order valence-electron chi connectivity index (χ0n) is 12.4. The molecule has 0 aliphatic carbocycles. The van der Waals surface area contributed by atoms with E-state index in [1.54, 1.807) is 6.92 Å². The van der Waals surface area contributed by atoms with Crippen LogP contribution in [0.5, 0.6) is 0 Å². The van der Waals surface area contributed by atoms with Crippen LogP contribution in [0.2, 0.25) is 0 Å². The number of hydrogen-bond acceptors (Lipinski definition) is 3. The number of carbonyl (C=O) groups is 1. The Morgan fingerprint density at radius 1 is 1.30 bits per heavy atom. The van der Waals surface area contributed by atoms with Crippen molar-refractivity contribution in [3.05, 3.63) is 35.6 Å². The van der Waals surface area contributed by atoms with Crippen LogP contribution in [-0.4, -0.2) is 18.1 Å². The summed E-state index contributed by atoms with van der Waals surface area (Å²) in [4.78, 5) is 11.9. The molecule has 0 aliphatic rings. The van der Waals surface area contributed by atoms with Gasteiger partial charge in [-0.15, -0.1) is 0 Å². The lowest BCUT2D eigenvalue weighted by Gasteiger charge is -2.15. The fourth-order valence-electron chi connectivity index (χ4n) is 2.17. The normalized spacial score (nSPS) is 12.8. The average molecular weight is 275 g/mol. The van der Waals surface area contributed by atoms with Gasteiger partial charge in [0.05, 0.1) is 12.6 Å². The number of aryl methyl sites for hydroxylation is 1. The van der Waals surface area contributed by atoms with Crippen molar-refractivity contribution in [2.24, 2.45) is 0 Å². The van der Waals surface area contributed by atoms with Gasteiger partial charge in [0, 0.05) is 10.9 Å². The van der Waals surface area contributed by atoms with Gasteiger partial charge in [-0.2, -0.15) is 0 Å². The zero-order valence-corrected chi connectivity index (χ0v) is 12.4. The maximum atomic E-state index is 11.9. The topological polar surface area (TPSA) is 51.5 Å². The highest BCUT2D eigenvalue weighted by Crippen LogP contribution is 2.24. The Bertz CT molecular complexity index is 601. The van der Waals surface area contributed by atoms with Gasteiger partial charge >= 0.3 is 0 Å². The summed E-state index contributed by atoms with van der Waals surface area (Å²) in [5, 5.41) is 3.93. The van der Waals surface area contributed by atoms with Crippen molar-refractivity contribution in [1.82, 2.24) is 5.32 Å². The van der Waals surface area contributed by atoms with Crippen LogP contribution in [0.4, 0.5) is 0 Å². The van der Waals surface area contributed by atoms with E-state index in [4.69, 9.17) is 9.15 Å². The predicted molar refractivity (Wildman–Crippen MR) is 78.5 cm³/mol. The minimum atomic E-state index is -0.459. The molecule has 1 aromatic carbocycles. The molecule has 1 atom stereocenters. The van der Waals surface area contributed by atoms with Crippen molar-refractivity contribution < 1.29 is 13.9 Å². The minimum absolute atomic E-state index is 0.0312. The van der Waals surface area contributed by atoms with Gasteiger partial charge in [-0.1, -0.05) is 18.2 Å². The van der Waals surface area contributed by atoms with Gasteiger partial charge in [0.2, 0.25) is 5.91 Å². The van der Waals surface area contributed by atoms with Crippen LogP contribution in [0.3, 0.4) is 0 Å². The van der Waals surface area contributed by atoms with Gasteiger partial charge in [-0.3, -0.25) is 4.79 Å². The molecule has 2 aromatic rings. The highest BCUT2D eigenvalue weighted by atomic mass is 16.5. The van der Waals surface area contributed by atoms with Gasteiger partial charge in [-0.25, -0.2) is 0 Å². The van der Waals surface area contributed by atoms with Crippen molar-refractivity contribution in [3.8, 4) is 0 Å². The number of amides is 1. The van der Waals surface area contributed by atoms with Crippen molar-refractivity contribution in [2.45, 2.75) is 46.4 Å². The fraction of sp³-hybridized carbons (Fsp3) is 0.438. The molecule has 1 heterocycles. The van der Waals surface area contributed by atoms with E-state index in [-0.39, 0.29) is 12.0 Å². The number of carbonyl (C=O) groups excluding carboxylic acids is 1. The van der Waals surface area contributed by atoms with E-state index in [0.29, 0.717) is 6.54 Å². The van der Waals surface area contributed by atoms with E-state index in [1.165, 1.54) is 0 Å². The molecule has 4 heteroatoms. The molecular formula is C16H21NO3. The maximum absolute atomic E-state index is 11.9. The first-order valence-electron chi connectivity index (χ1n) is 6.89. The van der Waals surface area contributed by atoms with Crippen molar-refractivity contribution in [3.63, 3.8) is 0 Å². The molecule has 4 nitrogen and oxygen atoms in total. The number of hydrogen-bond donors (Lipinski definition) is 1. The van der Waals surface area contributed by atoms with Crippen LogP contribution >= 0.6 is 0 Å².